The maximum absolute atomic E-state index is 13.0. The van der Waals surface area contributed by atoms with E-state index < -0.39 is 84.5 Å². The number of hydrogen-bond acceptors (Lipinski definition) is 16. The number of aliphatic hydroxyl groups is 6. The van der Waals surface area contributed by atoms with Gasteiger partial charge in [0.05, 0.1) is 7.11 Å². The third kappa shape index (κ3) is 6.02. The van der Waals surface area contributed by atoms with Crippen molar-refractivity contribution in [1.82, 2.24) is 0 Å². The van der Waals surface area contributed by atoms with Crippen LogP contribution in [0.15, 0.2) is 45.6 Å². The second kappa shape index (κ2) is 12.7. The second-order valence-electron chi connectivity index (χ2n) is 10.4. The first-order valence-corrected chi connectivity index (χ1v) is 13.4. The number of aliphatic carboxylic acids is 2. The molecule has 0 bridgehead atoms. The molecular formula is C28H28O18. The van der Waals surface area contributed by atoms with Crippen LogP contribution in [0.4, 0.5) is 0 Å². The Morgan fingerprint density at radius 2 is 1.28 bits per heavy atom. The summed E-state index contributed by atoms with van der Waals surface area (Å²) in [5.74, 6) is -4.34. The van der Waals surface area contributed by atoms with Crippen LogP contribution in [0.2, 0.25) is 0 Å². The first-order chi connectivity index (χ1) is 21.7. The third-order valence-electron chi connectivity index (χ3n) is 7.35. The zero-order valence-corrected chi connectivity index (χ0v) is 23.4. The quantitative estimate of drug-likeness (QED) is 0.124. The average Bonchev–Trinajstić information content (AvgIpc) is 3.00. The number of carboxylic acid groups (broad SMARTS) is 2. The van der Waals surface area contributed by atoms with Crippen LogP contribution in [0.5, 0.6) is 23.0 Å². The summed E-state index contributed by atoms with van der Waals surface area (Å²) in [6.07, 6.45) is -18.9. The zero-order valence-electron chi connectivity index (χ0n) is 23.4. The first-order valence-electron chi connectivity index (χ1n) is 13.4. The molecule has 3 heterocycles. The van der Waals surface area contributed by atoms with E-state index in [1.807, 2.05) is 0 Å². The smallest absolute Gasteiger partial charge is 0.335 e. The molecule has 1 aromatic heterocycles. The third-order valence-corrected chi connectivity index (χ3v) is 7.35. The highest BCUT2D eigenvalue weighted by Gasteiger charge is 2.49. The SMILES string of the molecule is COc1cc(-c2cc(=O)c3c(O)cc(OC4OC(C(=O)O)C(O)C(O)C4O)cc3o2)ccc1OC1OC(C(=O)O)C(O)C(O)C1O. The molecule has 2 aliphatic rings. The molecule has 3 aromatic rings. The highest BCUT2D eigenvalue weighted by atomic mass is 16.7. The van der Waals surface area contributed by atoms with Gasteiger partial charge in [0, 0.05) is 23.8 Å². The Balaban J connectivity index is 1.44. The Labute approximate surface area is 256 Å². The molecule has 2 saturated heterocycles. The molecule has 0 amide bonds. The number of hydrogen-bond donors (Lipinski definition) is 9. The van der Waals surface area contributed by atoms with Gasteiger partial charge >= 0.3 is 11.9 Å². The maximum Gasteiger partial charge on any atom is 0.335 e. The lowest BCUT2D eigenvalue weighted by Gasteiger charge is -2.38. The number of methoxy groups -OCH3 is 1. The van der Waals surface area contributed by atoms with Gasteiger partial charge < -0.3 is 74.1 Å². The molecule has 46 heavy (non-hydrogen) atoms. The van der Waals surface area contributed by atoms with Crippen molar-refractivity contribution >= 4 is 22.9 Å². The Morgan fingerprint density at radius 1 is 0.717 bits per heavy atom. The van der Waals surface area contributed by atoms with Crippen molar-refractivity contribution in [1.29, 1.82) is 0 Å². The average molecular weight is 653 g/mol. The van der Waals surface area contributed by atoms with Crippen LogP contribution < -0.4 is 19.6 Å². The summed E-state index contributed by atoms with van der Waals surface area (Å²) >= 11 is 0. The Bertz CT molecular complexity index is 1690. The lowest BCUT2D eigenvalue weighted by atomic mass is 9.99. The van der Waals surface area contributed by atoms with Crippen LogP contribution in [0.25, 0.3) is 22.3 Å². The minimum absolute atomic E-state index is 0.0272. The predicted octanol–water partition coefficient (Wildman–Crippen LogP) is -2.28. The fourth-order valence-corrected chi connectivity index (χ4v) is 4.93. The van der Waals surface area contributed by atoms with E-state index in [4.69, 9.17) is 28.1 Å². The van der Waals surface area contributed by atoms with Crippen LogP contribution in [0, 0.1) is 0 Å². The van der Waals surface area contributed by atoms with E-state index in [2.05, 4.69) is 0 Å². The molecule has 10 atom stereocenters. The molecule has 9 N–H and O–H groups in total. The Kier molecular flexibility index (Phi) is 9.07. The molecule has 248 valence electrons. The van der Waals surface area contributed by atoms with Crippen molar-refractivity contribution in [3.8, 4) is 34.3 Å². The van der Waals surface area contributed by atoms with Gasteiger partial charge in [0.2, 0.25) is 12.6 Å². The molecule has 10 unspecified atom stereocenters. The van der Waals surface area contributed by atoms with Crippen LogP contribution >= 0.6 is 0 Å². The summed E-state index contributed by atoms with van der Waals surface area (Å²) in [7, 11) is 1.24. The van der Waals surface area contributed by atoms with Gasteiger partial charge in [-0.05, 0) is 18.2 Å². The molecular weight excluding hydrogens is 624 g/mol. The monoisotopic (exact) mass is 652 g/mol. The van der Waals surface area contributed by atoms with Crippen LogP contribution in [0.1, 0.15) is 0 Å². The lowest BCUT2D eigenvalue weighted by molar-refractivity contribution is -0.271. The van der Waals surface area contributed by atoms with Crippen molar-refractivity contribution in [2.75, 3.05) is 7.11 Å². The molecule has 0 aliphatic carbocycles. The van der Waals surface area contributed by atoms with E-state index >= 15 is 0 Å². The van der Waals surface area contributed by atoms with Gasteiger partial charge in [0.1, 0.15) is 64.9 Å². The topological polar surface area (TPSA) is 293 Å². The summed E-state index contributed by atoms with van der Waals surface area (Å²) in [5.41, 5.74) is -0.724. The maximum atomic E-state index is 13.0. The number of ether oxygens (including phenoxy) is 5. The molecule has 18 nitrogen and oxygen atoms in total. The van der Waals surface area contributed by atoms with Crippen LogP contribution in [-0.2, 0) is 19.1 Å². The Morgan fingerprint density at radius 3 is 1.83 bits per heavy atom. The minimum atomic E-state index is -1.96. The fraction of sp³-hybridized carbons (Fsp3) is 0.393. The van der Waals surface area contributed by atoms with Crippen LogP contribution in [0.3, 0.4) is 0 Å². The Hall–Kier alpha value is -4.53. The first kappa shape index (κ1) is 32.9. The van der Waals surface area contributed by atoms with Crippen LogP contribution in [-0.4, -0.2) is 126 Å². The summed E-state index contributed by atoms with van der Waals surface area (Å²) in [6, 6.07) is 7.13. The van der Waals surface area contributed by atoms with Gasteiger partial charge in [-0.25, -0.2) is 9.59 Å². The minimum Gasteiger partial charge on any atom is -0.507 e. The summed E-state index contributed by atoms with van der Waals surface area (Å²) < 4.78 is 32.3. The van der Waals surface area contributed by atoms with Crippen molar-refractivity contribution in [2.45, 2.75) is 61.4 Å². The van der Waals surface area contributed by atoms with E-state index in [0.29, 0.717) is 0 Å². The summed E-state index contributed by atoms with van der Waals surface area (Å²) in [6.45, 7) is 0. The van der Waals surface area contributed by atoms with Gasteiger partial charge in [-0.1, -0.05) is 0 Å². The molecule has 2 fully saturated rings. The highest BCUT2D eigenvalue weighted by molar-refractivity contribution is 5.86. The van der Waals surface area contributed by atoms with Gasteiger partial charge in [0.25, 0.3) is 0 Å². The van der Waals surface area contributed by atoms with Gasteiger partial charge in [0.15, 0.2) is 29.1 Å². The number of phenolic OH excluding ortho intramolecular Hbond substituents is 1. The normalized spacial score (nSPS) is 31.3. The number of phenols is 1. The van der Waals surface area contributed by atoms with Crippen molar-refractivity contribution in [3.63, 3.8) is 0 Å². The number of fused-ring (bicyclic) bond motifs is 1. The molecule has 2 aliphatic heterocycles. The fourth-order valence-electron chi connectivity index (χ4n) is 4.93. The van der Waals surface area contributed by atoms with E-state index in [9.17, 15) is 60.3 Å². The van der Waals surface area contributed by atoms with Gasteiger partial charge in [-0.2, -0.15) is 0 Å². The zero-order chi connectivity index (χ0) is 33.6. The standard InChI is InChI=1S/C28H28O18/c1-41-14-4-8(2-3-12(14)44-28-22(36)18(32)20(34)24(46-28)26(39)40)13-7-11(30)16-10(29)5-9(6-15(16)43-13)42-27-21(35)17(31)19(33)23(45-27)25(37)38/h2-7,17-24,27-29,31-36H,1H3,(H,37,38)(H,39,40). The van der Waals surface area contributed by atoms with Gasteiger partial charge in [-0.15, -0.1) is 0 Å². The molecule has 0 radical (unpaired) electrons. The number of aliphatic hydroxyl groups excluding tert-OH is 6. The van der Waals surface area contributed by atoms with E-state index in [0.717, 1.165) is 18.2 Å². The van der Waals surface area contributed by atoms with Crippen molar-refractivity contribution in [3.05, 3.63) is 46.6 Å². The van der Waals surface area contributed by atoms with E-state index in [-0.39, 0.29) is 39.5 Å². The number of benzene rings is 2. The number of carboxylic acids is 2. The second-order valence-corrected chi connectivity index (χ2v) is 10.4. The van der Waals surface area contributed by atoms with Gasteiger partial charge in [-0.3, -0.25) is 4.79 Å². The predicted molar refractivity (Wildman–Crippen MR) is 146 cm³/mol. The van der Waals surface area contributed by atoms with E-state index in [1.165, 1.54) is 25.3 Å². The molecule has 0 saturated carbocycles. The van der Waals surface area contributed by atoms with Crippen molar-refractivity contribution < 1.29 is 83.6 Å². The highest BCUT2D eigenvalue weighted by Crippen LogP contribution is 2.37. The lowest BCUT2D eigenvalue weighted by Crippen LogP contribution is -2.61. The number of carbonyl (C=O) groups is 2. The number of rotatable bonds is 8. The summed E-state index contributed by atoms with van der Waals surface area (Å²) in [4.78, 5) is 35.8. The molecule has 2 aromatic carbocycles. The summed E-state index contributed by atoms with van der Waals surface area (Å²) in [5, 5.41) is 89.2. The molecule has 18 heteroatoms. The van der Waals surface area contributed by atoms with E-state index in [1.54, 1.807) is 0 Å². The number of aromatic hydroxyl groups is 1. The molecule has 5 rings (SSSR count). The molecule has 0 spiro atoms. The van der Waals surface area contributed by atoms with Crippen molar-refractivity contribution in [2.24, 2.45) is 0 Å². The largest absolute Gasteiger partial charge is 0.507 e.